The van der Waals surface area contributed by atoms with Crippen molar-refractivity contribution in [3.8, 4) is 0 Å². The Morgan fingerprint density at radius 3 is 1.55 bits per heavy atom. The van der Waals surface area contributed by atoms with Crippen LogP contribution < -0.4 is 10.6 Å². The van der Waals surface area contributed by atoms with Crippen molar-refractivity contribution in [1.82, 2.24) is 20.8 Å². The van der Waals surface area contributed by atoms with E-state index in [0.717, 1.165) is 11.1 Å². The van der Waals surface area contributed by atoms with Crippen molar-refractivity contribution >= 4 is 12.2 Å². The van der Waals surface area contributed by atoms with Crippen molar-refractivity contribution in [1.29, 1.82) is 0 Å². The normalized spacial score (nSPS) is 12.5. The monoisotopic (exact) mass is 424 g/mol. The Hall–Kier alpha value is -3.88. The molecule has 0 bridgehead atoms. The van der Waals surface area contributed by atoms with Gasteiger partial charge < -0.3 is 24.5 Å². The van der Waals surface area contributed by atoms with Crippen LogP contribution in [0.5, 0.6) is 0 Å². The zero-order valence-corrected chi connectivity index (χ0v) is 17.3. The average Bonchev–Trinajstić information content (AvgIpc) is 3.28. The van der Waals surface area contributed by atoms with Crippen LogP contribution in [0.2, 0.25) is 0 Å². The summed E-state index contributed by atoms with van der Waals surface area (Å²) in [5.41, 5.74) is 1.76. The number of carbonyl (C=O) groups excluding carboxylic acids is 2. The second-order valence-electron chi connectivity index (χ2n) is 6.83. The van der Waals surface area contributed by atoms with Crippen molar-refractivity contribution in [2.75, 3.05) is 0 Å². The van der Waals surface area contributed by atoms with Crippen LogP contribution in [-0.2, 0) is 22.7 Å². The lowest BCUT2D eigenvalue weighted by atomic mass is 10.2. The van der Waals surface area contributed by atoms with Crippen molar-refractivity contribution in [2.45, 2.75) is 39.1 Å². The van der Waals surface area contributed by atoms with Crippen LogP contribution in [0.4, 0.5) is 9.59 Å². The number of aromatic nitrogens is 2. The molecule has 0 spiro atoms. The van der Waals surface area contributed by atoms with Crippen LogP contribution >= 0.6 is 0 Å². The molecule has 1 aromatic heterocycles. The van der Waals surface area contributed by atoms with Gasteiger partial charge in [-0.25, -0.2) is 9.59 Å². The van der Waals surface area contributed by atoms with Gasteiger partial charge in [0.2, 0.25) is 11.8 Å². The molecular formula is C22H24N4O5. The molecule has 0 aliphatic heterocycles. The Labute approximate surface area is 179 Å². The summed E-state index contributed by atoms with van der Waals surface area (Å²) in [4.78, 5) is 24.0. The van der Waals surface area contributed by atoms with Crippen LogP contribution in [0.25, 0.3) is 0 Å². The number of hydrogen-bond acceptors (Lipinski definition) is 7. The van der Waals surface area contributed by atoms with Gasteiger partial charge >= 0.3 is 12.2 Å². The highest BCUT2D eigenvalue weighted by atomic mass is 16.6. The maximum Gasteiger partial charge on any atom is 0.408 e. The van der Waals surface area contributed by atoms with E-state index in [1.165, 1.54) is 0 Å². The maximum atomic E-state index is 12.0. The van der Waals surface area contributed by atoms with Gasteiger partial charge in [0.25, 0.3) is 0 Å². The Morgan fingerprint density at radius 2 is 1.16 bits per heavy atom. The van der Waals surface area contributed by atoms with Gasteiger partial charge in [0, 0.05) is 0 Å². The Balaban J connectivity index is 1.44. The predicted molar refractivity (Wildman–Crippen MR) is 111 cm³/mol. The lowest BCUT2D eigenvalue weighted by molar-refractivity contribution is 0.134. The molecule has 2 aromatic carbocycles. The van der Waals surface area contributed by atoms with Gasteiger partial charge in [-0.05, 0) is 25.0 Å². The second kappa shape index (κ2) is 10.8. The molecule has 162 valence electrons. The molecular weight excluding hydrogens is 400 g/mol. The van der Waals surface area contributed by atoms with Crippen molar-refractivity contribution in [3.05, 3.63) is 83.6 Å². The Bertz CT molecular complexity index is 900. The van der Waals surface area contributed by atoms with Gasteiger partial charge in [0.15, 0.2) is 0 Å². The molecule has 3 rings (SSSR count). The van der Waals surface area contributed by atoms with Crippen molar-refractivity contribution < 1.29 is 23.5 Å². The van der Waals surface area contributed by atoms with E-state index in [1.807, 2.05) is 60.7 Å². The molecule has 0 unspecified atom stereocenters. The van der Waals surface area contributed by atoms with Crippen LogP contribution in [0.1, 0.15) is 48.8 Å². The Morgan fingerprint density at radius 1 is 0.774 bits per heavy atom. The van der Waals surface area contributed by atoms with Gasteiger partial charge in [0.1, 0.15) is 25.3 Å². The summed E-state index contributed by atoms with van der Waals surface area (Å²) in [6.45, 7) is 3.68. The molecule has 1 heterocycles. The molecule has 0 saturated heterocycles. The highest BCUT2D eigenvalue weighted by Gasteiger charge is 2.21. The minimum absolute atomic E-state index is 0.153. The number of nitrogens with one attached hydrogen (secondary N) is 2. The van der Waals surface area contributed by atoms with Gasteiger partial charge in [-0.2, -0.15) is 0 Å². The van der Waals surface area contributed by atoms with Crippen LogP contribution in [0, 0.1) is 0 Å². The van der Waals surface area contributed by atoms with Crippen LogP contribution in [0.3, 0.4) is 0 Å². The number of nitrogens with zero attached hydrogens (tertiary/aromatic N) is 2. The summed E-state index contributed by atoms with van der Waals surface area (Å²) in [7, 11) is 0. The molecule has 0 radical (unpaired) electrons. The first kappa shape index (κ1) is 21.8. The first-order chi connectivity index (χ1) is 15.0. The zero-order valence-electron chi connectivity index (χ0n) is 17.3. The number of rotatable bonds is 8. The Kier molecular flexibility index (Phi) is 7.58. The lowest BCUT2D eigenvalue weighted by Crippen LogP contribution is -2.28. The largest absolute Gasteiger partial charge is 0.445 e. The van der Waals surface area contributed by atoms with Crippen LogP contribution in [0.15, 0.2) is 65.1 Å². The standard InChI is InChI=1S/C22H24N4O5/c1-15(23-21(27)29-13-17-9-5-3-6-10-17)19-25-26-20(31-19)16(2)24-22(28)30-14-18-11-7-4-8-12-18/h3-12,15-16H,13-14H2,1-2H3,(H,23,27)(H,24,28)/t15-,16-/m0/s1. The third-order valence-corrected chi connectivity index (χ3v) is 4.29. The topological polar surface area (TPSA) is 116 Å². The molecule has 2 amide bonds. The highest BCUT2D eigenvalue weighted by molar-refractivity contribution is 5.68. The van der Waals surface area contributed by atoms with Crippen molar-refractivity contribution in [3.63, 3.8) is 0 Å². The maximum absolute atomic E-state index is 12.0. The molecule has 31 heavy (non-hydrogen) atoms. The summed E-state index contributed by atoms with van der Waals surface area (Å²) >= 11 is 0. The summed E-state index contributed by atoms with van der Waals surface area (Å²) in [5, 5.41) is 13.1. The van der Waals surface area contributed by atoms with Gasteiger partial charge in [-0.15, -0.1) is 10.2 Å². The fourth-order valence-corrected chi connectivity index (χ4v) is 2.60. The van der Waals surface area contributed by atoms with E-state index in [0.29, 0.717) is 0 Å². The fraction of sp³-hybridized carbons (Fsp3) is 0.273. The van der Waals surface area contributed by atoms with E-state index in [4.69, 9.17) is 13.9 Å². The molecule has 2 N–H and O–H groups in total. The summed E-state index contributed by atoms with van der Waals surface area (Å²) < 4.78 is 15.9. The SMILES string of the molecule is C[C@H](NC(=O)OCc1ccccc1)c1nnc([C@H](C)NC(=O)OCc2ccccc2)o1. The predicted octanol–water partition coefficient (Wildman–Crippen LogP) is 4.04. The van der Waals surface area contributed by atoms with E-state index < -0.39 is 24.3 Å². The summed E-state index contributed by atoms with van der Waals surface area (Å²) in [6.07, 6.45) is -1.21. The average molecular weight is 424 g/mol. The van der Waals surface area contributed by atoms with Gasteiger partial charge in [-0.1, -0.05) is 60.7 Å². The molecule has 2 atom stereocenters. The van der Waals surface area contributed by atoms with E-state index >= 15 is 0 Å². The molecule has 0 fully saturated rings. The molecule has 9 nitrogen and oxygen atoms in total. The number of carbonyl (C=O) groups is 2. The van der Waals surface area contributed by atoms with Gasteiger partial charge in [-0.3, -0.25) is 0 Å². The molecule has 3 aromatic rings. The first-order valence-corrected chi connectivity index (χ1v) is 9.79. The molecule has 0 aliphatic rings. The zero-order chi connectivity index (χ0) is 22.1. The van der Waals surface area contributed by atoms with Crippen LogP contribution in [-0.4, -0.2) is 22.4 Å². The third-order valence-electron chi connectivity index (χ3n) is 4.29. The van der Waals surface area contributed by atoms with Crippen molar-refractivity contribution in [2.24, 2.45) is 0 Å². The minimum Gasteiger partial charge on any atom is -0.445 e. The highest BCUT2D eigenvalue weighted by Crippen LogP contribution is 2.16. The fourth-order valence-electron chi connectivity index (χ4n) is 2.60. The smallest absolute Gasteiger partial charge is 0.408 e. The second-order valence-corrected chi connectivity index (χ2v) is 6.83. The van der Waals surface area contributed by atoms with E-state index in [9.17, 15) is 9.59 Å². The first-order valence-electron chi connectivity index (χ1n) is 9.79. The molecule has 9 heteroatoms. The summed E-state index contributed by atoms with van der Waals surface area (Å²) in [6, 6.07) is 17.6. The number of benzene rings is 2. The quantitative estimate of drug-likeness (QED) is 0.560. The van der Waals surface area contributed by atoms with Gasteiger partial charge in [0.05, 0.1) is 0 Å². The summed E-state index contributed by atoms with van der Waals surface area (Å²) in [5.74, 6) is 0.385. The van der Waals surface area contributed by atoms with E-state index in [-0.39, 0.29) is 25.0 Å². The third kappa shape index (κ3) is 6.84. The lowest BCUT2D eigenvalue weighted by Gasteiger charge is -2.12. The number of alkyl carbamates (subject to hydrolysis) is 2. The molecule has 0 aliphatic carbocycles. The van der Waals surface area contributed by atoms with E-state index in [2.05, 4.69) is 20.8 Å². The number of amides is 2. The van der Waals surface area contributed by atoms with E-state index in [1.54, 1.807) is 13.8 Å². The minimum atomic E-state index is -0.605. The number of ether oxygens (including phenoxy) is 2. The number of hydrogen-bond donors (Lipinski definition) is 2. The molecule has 0 saturated carbocycles.